The van der Waals surface area contributed by atoms with Crippen LogP contribution in [0.15, 0.2) is 0 Å². The van der Waals surface area contributed by atoms with Gasteiger partial charge in [0.25, 0.3) is 0 Å². The SMILES string of the molecule is O=S(=O)(Cl)C1(CC(F)F)CC1. The van der Waals surface area contributed by atoms with E-state index in [1.54, 1.807) is 0 Å². The van der Waals surface area contributed by atoms with Gasteiger partial charge in [0.15, 0.2) is 0 Å². The van der Waals surface area contributed by atoms with Crippen molar-refractivity contribution in [1.82, 2.24) is 0 Å². The van der Waals surface area contributed by atoms with Crippen molar-refractivity contribution in [2.45, 2.75) is 30.4 Å². The van der Waals surface area contributed by atoms with Gasteiger partial charge in [-0.25, -0.2) is 17.2 Å². The third-order valence-electron chi connectivity index (χ3n) is 1.85. The number of alkyl halides is 2. The first-order valence-electron chi connectivity index (χ1n) is 3.10. The molecule has 0 aliphatic heterocycles. The van der Waals surface area contributed by atoms with Crippen LogP contribution < -0.4 is 0 Å². The average Bonchev–Trinajstić information content (AvgIpc) is 2.42. The Morgan fingerprint density at radius 2 is 1.91 bits per heavy atom. The van der Waals surface area contributed by atoms with E-state index in [0.717, 1.165) is 0 Å². The standard InChI is InChI=1S/C5H7ClF2O2S/c6-11(9,10)5(1-2-5)3-4(7)8/h4H,1-3H2. The summed E-state index contributed by atoms with van der Waals surface area (Å²) in [6, 6.07) is 0. The zero-order valence-corrected chi connectivity index (χ0v) is 7.13. The fraction of sp³-hybridized carbons (Fsp3) is 1.00. The van der Waals surface area contributed by atoms with Crippen molar-refractivity contribution < 1.29 is 17.2 Å². The zero-order valence-electron chi connectivity index (χ0n) is 5.56. The van der Waals surface area contributed by atoms with Crippen molar-refractivity contribution >= 4 is 19.7 Å². The molecule has 0 unspecified atom stereocenters. The van der Waals surface area contributed by atoms with E-state index >= 15 is 0 Å². The molecule has 1 aliphatic carbocycles. The maximum Gasteiger partial charge on any atom is 0.240 e. The van der Waals surface area contributed by atoms with E-state index < -0.39 is 26.6 Å². The van der Waals surface area contributed by atoms with Gasteiger partial charge < -0.3 is 0 Å². The number of halogens is 3. The highest BCUT2D eigenvalue weighted by Gasteiger charge is 2.55. The van der Waals surface area contributed by atoms with E-state index in [1.165, 1.54) is 0 Å². The normalized spacial score (nSPS) is 22.2. The summed E-state index contributed by atoms with van der Waals surface area (Å²) in [5.41, 5.74) is 0. The first-order valence-corrected chi connectivity index (χ1v) is 5.41. The van der Waals surface area contributed by atoms with E-state index in [2.05, 4.69) is 0 Å². The highest BCUT2D eigenvalue weighted by Crippen LogP contribution is 2.49. The predicted molar refractivity (Wildman–Crippen MR) is 37.4 cm³/mol. The molecule has 0 aromatic rings. The predicted octanol–water partition coefficient (Wildman–Crippen LogP) is 1.74. The van der Waals surface area contributed by atoms with E-state index in [-0.39, 0.29) is 12.8 Å². The van der Waals surface area contributed by atoms with Gasteiger partial charge in [-0.1, -0.05) is 0 Å². The lowest BCUT2D eigenvalue weighted by Gasteiger charge is -2.08. The first-order chi connectivity index (χ1) is 4.87. The van der Waals surface area contributed by atoms with Crippen LogP contribution in [0.5, 0.6) is 0 Å². The summed E-state index contributed by atoms with van der Waals surface area (Å²) in [5.74, 6) is 0. The molecule has 1 aliphatic rings. The fourth-order valence-corrected chi connectivity index (χ4v) is 2.53. The molecule has 0 amide bonds. The quantitative estimate of drug-likeness (QED) is 0.657. The van der Waals surface area contributed by atoms with Crippen molar-refractivity contribution in [2.24, 2.45) is 0 Å². The van der Waals surface area contributed by atoms with Crippen molar-refractivity contribution in [3.63, 3.8) is 0 Å². The molecule has 1 rings (SSSR count). The summed E-state index contributed by atoms with van der Waals surface area (Å²) in [6.07, 6.45) is -2.68. The summed E-state index contributed by atoms with van der Waals surface area (Å²) < 4.78 is 43.6. The second-order valence-electron chi connectivity index (χ2n) is 2.72. The molecule has 0 aromatic heterocycles. The molecule has 2 nitrogen and oxygen atoms in total. The molecule has 1 fully saturated rings. The van der Waals surface area contributed by atoms with Gasteiger partial charge in [0.2, 0.25) is 15.5 Å². The van der Waals surface area contributed by atoms with Gasteiger partial charge in [-0.2, -0.15) is 0 Å². The molecule has 1 saturated carbocycles. The minimum atomic E-state index is -3.79. The van der Waals surface area contributed by atoms with Crippen LogP contribution in [0, 0.1) is 0 Å². The van der Waals surface area contributed by atoms with Crippen molar-refractivity contribution in [1.29, 1.82) is 0 Å². The van der Waals surface area contributed by atoms with Crippen LogP contribution in [0.2, 0.25) is 0 Å². The van der Waals surface area contributed by atoms with Gasteiger partial charge in [0.05, 0.1) is 4.75 Å². The summed E-state index contributed by atoms with van der Waals surface area (Å²) in [7, 11) is 1.18. The summed E-state index contributed by atoms with van der Waals surface area (Å²) in [4.78, 5) is 0. The van der Waals surface area contributed by atoms with Gasteiger partial charge in [0.1, 0.15) is 0 Å². The molecule has 0 spiro atoms. The Balaban J connectivity index is 2.70. The Morgan fingerprint density at radius 3 is 2.00 bits per heavy atom. The minimum absolute atomic E-state index is 0.267. The molecule has 11 heavy (non-hydrogen) atoms. The second kappa shape index (κ2) is 2.55. The third kappa shape index (κ3) is 1.82. The number of hydrogen-bond donors (Lipinski definition) is 0. The zero-order chi connectivity index (χ0) is 8.70. The summed E-state index contributed by atoms with van der Waals surface area (Å²) >= 11 is 0. The van der Waals surface area contributed by atoms with Gasteiger partial charge in [-0.05, 0) is 12.8 Å². The molecule has 0 saturated heterocycles. The molecule has 0 atom stereocenters. The largest absolute Gasteiger partial charge is 0.240 e. The fourth-order valence-electron chi connectivity index (χ4n) is 0.968. The highest BCUT2D eigenvalue weighted by atomic mass is 35.7. The summed E-state index contributed by atoms with van der Waals surface area (Å²) in [6.45, 7) is 0. The number of hydrogen-bond acceptors (Lipinski definition) is 2. The topological polar surface area (TPSA) is 34.1 Å². The van der Waals surface area contributed by atoms with Crippen LogP contribution in [-0.4, -0.2) is 19.6 Å². The molecule has 66 valence electrons. The molecular weight excluding hydrogens is 198 g/mol. The molecule has 0 aromatic carbocycles. The van der Waals surface area contributed by atoms with E-state index in [4.69, 9.17) is 10.7 Å². The average molecular weight is 205 g/mol. The maximum absolute atomic E-state index is 11.8. The van der Waals surface area contributed by atoms with Crippen LogP contribution >= 0.6 is 10.7 Å². The Bertz CT molecular complexity index is 245. The van der Waals surface area contributed by atoms with Crippen molar-refractivity contribution in [3.8, 4) is 0 Å². The van der Waals surface area contributed by atoms with Gasteiger partial charge in [-0.3, -0.25) is 0 Å². The van der Waals surface area contributed by atoms with E-state index in [1.807, 2.05) is 0 Å². The smallest absolute Gasteiger partial charge is 0.212 e. The highest BCUT2D eigenvalue weighted by molar-refractivity contribution is 8.15. The Morgan fingerprint density at radius 1 is 1.45 bits per heavy atom. The van der Waals surface area contributed by atoms with Gasteiger partial charge in [0, 0.05) is 17.1 Å². The maximum atomic E-state index is 11.8. The Labute approximate surface area is 68.0 Å². The molecule has 0 radical (unpaired) electrons. The van der Waals surface area contributed by atoms with Crippen LogP contribution in [0.3, 0.4) is 0 Å². The molecule has 6 heteroatoms. The van der Waals surface area contributed by atoms with Crippen molar-refractivity contribution in [2.75, 3.05) is 0 Å². The minimum Gasteiger partial charge on any atom is -0.212 e. The molecule has 0 bridgehead atoms. The van der Waals surface area contributed by atoms with Crippen LogP contribution in [0.25, 0.3) is 0 Å². The Hall–Kier alpha value is 0.1000. The lowest BCUT2D eigenvalue weighted by Crippen LogP contribution is -2.20. The Kier molecular flexibility index (Phi) is 2.13. The van der Waals surface area contributed by atoms with Crippen molar-refractivity contribution in [3.05, 3.63) is 0 Å². The lowest BCUT2D eigenvalue weighted by atomic mass is 10.3. The molecule has 0 N–H and O–H groups in total. The molecule has 0 heterocycles. The second-order valence-corrected chi connectivity index (χ2v) is 5.68. The lowest BCUT2D eigenvalue weighted by molar-refractivity contribution is 0.134. The van der Waals surface area contributed by atoms with Crippen LogP contribution in [0.4, 0.5) is 8.78 Å². The van der Waals surface area contributed by atoms with Crippen LogP contribution in [0.1, 0.15) is 19.3 Å². The molecular formula is C5H7ClF2O2S. The van der Waals surface area contributed by atoms with E-state index in [9.17, 15) is 17.2 Å². The van der Waals surface area contributed by atoms with Crippen LogP contribution in [-0.2, 0) is 9.05 Å². The first kappa shape index (κ1) is 9.19. The number of rotatable bonds is 3. The monoisotopic (exact) mass is 204 g/mol. The third-order valence-corrected chi connectivity index (χ3v) is 4.44. The van der Waals surface area contributed by atoms with E-state index in [0.29, 0.717) is 0 Å². The van der Waals surface area contributed by atoms with Gasteiger partial charge >= 0.3 is 0 Å². The van der Waals surface area contributed by atoms with Gasteiger partial charge in [-0.15, -0.1) is 0 Å². The summed E-state index contributed by atoms with van der Waals surface area (Å²) in [5, 5.41) is 0.